The quantitative estimate of drug-likeness (QED) is 0.627. The molecule has 6 heteroatoms. The number of benzene rings is 1. The summed E-state index contributed by atoms with van der Waals surface area (Å²) in [7, 11) is 0. The highest BCUT2D eigenvalue weighted by Crippen LogP contribution is 2.26. The highest BCUT2D eigenvalue weighted by molar-refractivity contribution is 8.00. The van der Waals surface area contributed by atoms with E-state index in [1.807, 2.05) is 52.8 Å². The van der Waals surface area contributed by atoms with Crippen molar-refractivity contribution >= 4 is 17.5 Å². The molecule has 0 saturated carbocycles. The average Bonchev–Trinajstić information content (AvgIpc) is 2.89. The van der Waals surface area contributed by atoms with E-state index in [2.05, 4.69) is 15.5 Å². The van der Waals surface area contributed by atoms with Crippen molar-refractivity contribution in [1.82, 2.24) is 20.2 Å². The Hall–Kier alpha value is -1.69. The zero-order valence-corrected chi connectivity index (χ0v) is 13.8. The summed E-state index contributed by atoms with van der Waals surface area (Å²) in [6.45, 7) is 9.87. The molecule has 0 radical (unpaired) electrons. The van der Waals surface area contributed by atoms with Crippen molar-refractivity contribution in [2.24, 2.45) is 0 Å². The van der Waals surface area contributed by atoms with E-state index >= 15 is 0 Å². The maximum atomic E-state index is 12.6. The number of Topliss-reactive ketones (excluding diaryl/α,β-unsaturated/α-hetero) is 1. The first kappa shape index (κ1) is 15.7. The van der Waals surface area contributed by atoms with E-state index in [9.17, 15) is 4.79 Å². The monoisotopic (exact) mass is 304 g/mol. The number of rotatable bonds is 5. The summed E-state index contributed by atoms with van der Waals surface area (Å²) in [5.74, 6) is 0.111. The van der Waals surface area contributed by atoms with Crippen LogP contribution in [0.25, 0.3) is 0 Å². The van der Waals surface area contributed by atoms with Crippen molar-refractivity contribution in [3.8, 4) is 0 Å². The molecular formula is C15H20N4OS. The smallest absolute Gasteiger partial charge is 0.210 e. The average molecular weight is 304 g/mol. The number of ketones is 1. The molecule has 21 heavy (non-hydrogen) atoms. The standard InChI is InChI=1S/C15H20N4OS/c1-9(2)19-15(16-17-18-19)21-12(5)14(20)13-8-10(3)6-7-11(13)4/h6-9,12H,1-5H3. The number of thioether (sulfide) groups is 1. The van der Waals surface area contributed by atoms with Crippen LogP contribution in [0.1, 0.15) is 48.3 Å². The molecule has 2 aromatic rings. The van der Waals surface area contributed by atoms with Gasteiger partial charge in [-0.3, -0.25) is 4.79 Å². The van der Waals surface area contributed by atoms with Crippen LogP contribution in [0.3, 0.4) is 0 Å². The van der Waals surface area contributed by atoms with Crippen molar-refractivity contribution < 1.29 is 4.79 Å². The minimum Gasteiger partial charge on any atom is -0.293 e. The molecule has 1 aromatic carbocycles. The Morgan fingerprint density at radius 3 is 2.62 bits per heavy atom. The van der Waals surface area contributed by atoms with Crippen LogP contribution in [0.2, 0.25) is 0 Å². The zero-order chi connectivity index (χ0) is 15.6. The SMILES string of the molecule is Cc1ccc(C)c(C(=O)C(C)Sc2nnnn2C(C)C)c1. The summed E-state index contributed by atoms with van der Waals surface area (Å²) in [5.41, 5.74) is 2.87. The van der Waals surface area contributed by atoms with Gasteiger partial charge in [0.25, 0.3) is 0 Å². The lowest BCUT2D eigenvalue weighted by molar-refractivity contribution is 0.0993. The lowest BCUT2D eigenvalue weighted by atomic mass is 10.0. The van der Waals surface area contributed by atoms with Crippen LogP contribution in [0.4, 0.5) is 0 Å². The molecule has 5 nitrogen and oxygen atoms in total. The molecule has 1 atom stereocenters. The Morgan fingerprint density at radius 1 is 1.24 bits per heavy atom. The summed E-state index contributed by atoms with van der Waals surface area (Å²) in [6, 6.07) is 6.12. The normalized spacial score (nSPS) is 12.7. The van der Waals surface area contributed by atoms with Gasteiger partial charge in [-0.25, -0.2) is 4.68 Å². The molecule has 1 unspecified atom stereocenters. The van der Waals surface area contributed by atoms with Crippen LogP contribution >= 0.6 is 11.8 Å². The van der Waals surface area contributed by atoms with Crippen molar-refractivity contribution in [2.45, 2.75) is 51.1 Å². The molecule has 0 aliphatic rings. The fourth-order valence-corrected chi connectivity index (χ4v) is 3.01. The van der Waals surface area contributed by atoms with E-state index in [4.69, 9.17) is 0 Å². The molecule has 0 amide bonds. The number of hydrogen-bond donors (Lipinski definition) is 0. The van der Waals surface area contributed by atoms with Crippen LogP contribution in [-0.4, -0.2) is 31.2 Å². The van der Waals surface area contributed by atoms with Gasteiger partial charge in [0, 0.05) is 5.56 Å². The Labute approximate surface area is 129 Å². The minimum atomic E-state index is -0.228. The van der Waals surface area contributed by atoms with E-state index in [1.165, 1.54) is 11.8 Å². The zero-order valence-electron chi connectivity index (χ0n) is 13.0. The van der Waals surface area contributed by atoms with Gasteiger partial charge in [-0.2, -0.15) is 0 Å². The molecule has 1 aromatic heterocycles. The predicted octanol–water partition coefficient (Wildman–Crippen LogP) is 3.23. The molecule has 0 N–H and O–H groups in total. The molecule has 112 valence electrons. The van der Waals surface area contributed by atoms with Crippen LogP contribution in [0.15, 0.2) is 23.4 Å². The Balaban J connectivity index is 2.20. The lowest BCUT2D eigenvalue weighted by Gasteiger charge is -2.13. The molecule has 0 aliphatic heterocycles. The summed E-state index contributed by atoms with van der Waals surface area (Å²) in [6.07, 6.45) is 0. The lowest BCUT2D eigenvalue weighted by Crippen LogP contribution is -2.16. The largest absolute Gasteiger partial charge is 0.293 e. The highest BCUT2D eigenvalue weighted by Gasteiger charge is 2.22. The second-order valence-electron chi connectivity index (χ2n) is 5.44. The minimum absolute atomic E-state index is 0.111. The number of tetrazole rings is 1. The van der Waals surface area contributed by atoms with Crippen LogP contribution < -0.4 is 0 Å². The first-order valence-electron chi connectivity index (χ1n) is 6.96. The molecule has 0 fully saturated rings. The van der Waals surface area contributed by atoms with Gasteiger partial charge in [-0.05, 0) is 56.7 Å². The molecular weight excluding hydrogens is 284 g/mol. The van der Waals surface area contributed by atoms with Gasteiger partial charge in [0.05, 0.1) is 11.3 Å². The summed E-state index contributed by atoms with van der Waals surface area (Å²) >= 11 is 1.40. The third kappa shape index (κ3) is 3.50. The third-order valence-corrected chi connectivity index (χ3v) is 4.31. The second kappa shape index (κ2) is 6.39. The number of aromatic nitrogens is 4. The fourth-order valence-electron chi connectivity index (χ4n) is 2.02. The van der Waals surface area contributed by atoms with Crippen molar-refractivity contribution in [3.63, 3.8) is 0 Å². The Morgan fingerprint density at radius 2 is 1.95 bits per heavy atom. The molecule has 0 saturated heterocycles. The highest BCUT2D eigenvalue weighted by atomic mass is 32.2. The summed E-state index contributed by atoms with van der Waals surface area (Å²) in [4.78, 5) is 12.6. The number of nitrogens with zero attached hydrogens (tertiary/aromatic N) is 4. The topological polar surface area (TPSA) is 60.7 Å². The first-order chi connectivity index (χ1) is 9.90. The van der Waals surface area contributed by atoms with Gasteiger partial charge in [-0.15, -0.1) is 5.10 Å². The van der Waals surface area contributed by atoms with Crippen molar-refractivity contribution in [1.29, 1.82) is 0 Å². The predicted molar refractivity (Wildman–Crippen MR) is 83.8 cm³/mol. The van der Waals surface area contributed by atoms with Gasteiger partial charge < -0.3 is 0 Å². The van der Waals surface area contributed by atoms with Gasteiger partial charge in [0.1, 0.15) is 0 Å². The van der Waals surface area contributed by atoms with Gasteiger partial charge in [0.2, 0.25) is 5.16 Å². The van der Waals surface area contributed by atoms with Crippen LogP contribution in [-0.2, 0) is 0 Å². The molecule has 0 spiro atoms. The maximum absolute atomic E-state index is 12.6. The van der Waals surface area contributed by atoms with Crippen molar-refractivity contribution in [2.75, 3.05) is 0 Å². The number of aryl methyl sites for hydroxylation is 2. The molecule has 0 aliphatic carbocycles. The van der Waals surface area contributed by atoms with Crippen LogP contribution in [0.5, 0.6) is 0 Å². The number of carbonyl (C=O) groups excluding carboxylic acids is 1. The molecule has 2 rings (SSSR count). The van der Waals surface area contributed by atoms with E-state index in [0.29, 0.717) is 5.16 Å². The van der Waals surface area contributed by atoms with E-state index < -0.39 is 0 Å². The number of hydrogen-bond acceptors (Lipinski definition) is 5. The Bertz CT molecular complexity index is 651. The third-order valence-electron chi connectivity index (χ3n) is 3.26. The fraction of sp³-hybridized carbons (Fsp3) is 0.467. The van der Waals surface area contributed by atoms with Crippen LogP contribution in [0, 0.1) is 13.8 Å². The Kier molecular flexibility index (Phi) is 4.77. The van der Waals surface area contributed by atoms with E-state index in [-0.39, 0.29) is 17.1 Å². The molecule has 0 bridgehead atoms. The first-order valence-corrected chi connectivity index (χ1v) is 7.84. The van der Waals surface area contributed by atoms with Gasteiger partial charge in [0.15, 0.2) is 5.78 Å². The van der Waals surface area contributed by atoms with Gasteiger partial charge >= 0.3 is 0 Å². The summed E-state index contributed by atoms with van der Waals surface area (Å²) < 4.78 is 1.73. The molecule has 1 heterocycles. The van der Waals surface area contributed by atoms with Gasteiger partial charge in [-0.1, -0.05) is 29.5 Å². The van der Waals surface area contributed by atoms with E-state index in [1.54, 1.807) is 4.68 Å². The number of carbonyl (C=O) groups is 1. The summed E-state index contributed by atoms with van der Waals surface area (Å²) in [5, 5.41) is 12.1. The van der Waals surface area contributed by atoms with Crippen molar-refractivity contribution in [3.05, 3.63) is 34.9 Å². The second-order valence-corrected chi connectivity index (χ2v) is 6.75. The maximum Gasteiger partial charge on any atom is 0.210 e. The van der Waals surface area contributed by atoms with E-state index in [0.717, 1.165) is 16.7 Å².